The van der Waals surface area contributed by atoms with Crippen LogP contribution in [0, 0.1) is 0 Å². The summed E-state index contributed by atoms with van der Waals surface area (Å²) in [5, 5.41) is 19.9. The third-order valence-electron chi connectivity index (χ3n) is 4.32. The van der Waals surface area contributed by atoms with E-state index in [0.717, 1.165) is 27.6 Å². The Kier molecular flexibility index (Phi) is 6.26. The lowest BCUT2D eigenvalue weighted by molar-refractivity contribution is 0.0955. The molecule has 3 N–H and O–H groups in total. The first-order valence-electron chi connectivity index (χ1n) is 9.28. The van der Waals surface area contributed by atoms with E-state index in [1.807, 2.05) is 41.8 Å². The van der Waals surface area contributed by atoms with Crippen LogP contribution in [0.25, 0.3) is 11.3 Å². The molecule has 0 saturated carbocycles. The van der Waals surface area contributed by atoms with Crippen LogP contribution in [-0.2, 0) is 0 Å². The zero-order valence-electron chi connectivity index (χ0n) is 16.1. The minimum Gasteiger partial charge on any atom is -0.508 e. The second-order valence-corrected chi connectivity index (χ2v) is 7.83. The van der Waals surface area contributed by atoms with Crippen molar-refractivity contribution >= 4 is 45.9 Å². The van der Waals surface area contributed by atoms with Crippen molar-refractivity contribution in [1.29, 1.82) is 0 Å². The molecule has 0 aliphatic rings. The lowest BCUT2D eigenvalue weighted by Crippen LogP contribution is -2.17. The normalized spacial score (nSPS) is 10.9. The van der Waals surface area contributed by atoms with Crippen molar-refractivity contribution in [3.05, 3.63) is 94.3 Å². The minimum absolute atomic E-state index is 0.175. The average molecular weight is 449 g/mol. The van der Waals surface area contributed by atoms with Crippen LogP contribution in [-0.4, -0.2) is 22.2 Å². The average Bonchev–Trinajstić information content (AvgIpc) is 3.25. The van der Waals surface area contributed by atoms with Crippen LogP contribution in [0.1, 0.15) is 15.9 Å². The molecule has 0 bridgehead atoms. The number of aromatic hydroxyl groups is 1. The topological polar surface area (TPSA) is 86.6 Å². The Morgan fingerprint density at radius 3 is 2.42 bits per heavy atom. The molecule has 0 saturated heterocycles. The summed E-state index contributed by atoms with van der Waals surface area (Å²) in [6, 6.07) is 21.1. The van der Waals surface area contributed by atoms with Crippen LogP contribution in [0.4, 0.5) is 10.8 Å². The Morgan fingerprint density at radius 1 is 1.00 bits per heavy atom. The first-order valence-corrected chi connectivity index (χ1v) is 10.5. The Bertz CT molecular complexity index is 1200. The van der Waals surface area contributed by atoms with Crippen molar-refractivity contribution < 1.29 is 9.90 Å². The number of carbonyl (C=O) groups is 1. The molecule has 0 aliphatic heterocycles. The van der Waals surface area contributed by atoms with E-state index in [4.69, 9.17) is 11.6 Å². The SMILES string of the molecule is O=C(N/N=C/c1ccc(O)cc1)c1ccc(-c2csc(Nc3ccc(Cl)cc3)n2)cc1. The predicted molar refractivity (Wildman–Crippen MR) is 125 cm³/mol. The molecule has 8 heteroatoms. The van der Waals surface area contributed by atoms with Crippen LogP contribution in [0.2, 0.25) is 5.02 Å². The van der Waals surface area contributed by atoms with Crippen molar-refractivity contribution in [2.75, 3.05) is 5.32 Å². The van der Waals surface area contributed by atoms with Crippen molar-refractivity contribution in [2.45, 2.75) is 0 Å². The van der Waals surface area contributed by atoms with Crippen molar-refractivity contribution in [3.8, 4) is 17.0 Å². The molecule has 0 unspecified atom stereocenters. The number of hydrogen-bond acceptors (Lipinski definition) is 6. The van der Waals surface area contributed by atoms with Gasteiger partial charge in [-0.1, -0.05) is 23.7 Å². The third kappa shape index (κ3) is 5.48. The number of hydrazone groups is 1. The van der Waals surface area contributed by atoms with Gasteiger partial charge in [-0.05, 0) is 66.2 Å². The van der Waals surface area contributed by atoms with Gasteiger partial charge < -0.3 is 10.4 Å². The number of hydrogen-bond donors (Lipinski definition) is 3. The Labute approximate surface area is 187 Å². The van der Waals surface area contributed by atoms with Gasteiger partial charge in [0.25, 0.3) is 5.91 Å². The highest BCUT2D eigenvalue weighted by atomic mass is 35.5. The number of amides is 1. The van der Waals surface area contributed by atoms with E-state index < -0.39 is 0 Å². The van der Waals surface area contributed by atoms with Crippen LogP contribution in [0.3, 0.4) is 0 Å². The number of benzene rings is 3. The molecular formula is C23H17ClN4O2S. The number of rotatable bonds is 6. The second kappa shape index (κ2) is 9.42. The van der Waals surface area contributed by atoms with Gasteiger partial charge in [0, 0.05) is 27.2 Å². The molecule has 4 aromatic rings. The molecule has 1 aromatic heterocycles. The van der Waals surface area contributed by atoms with Gasteiger partial charge in [0.05, 0.1) is 11.9 Å². The summed E-state index contributed by atoms with van der Waals surface area (Å²) in [5.74, 6) is -0.140. The fourth-order valence-electron chi connectivity index (χ4n) is 2.70. The lowest BCUT2D eigenvalue weighted by Gasteiger charge is -2.03. The number of thiazole rings is 1. The third-order valence-corrected chi connectivity index (χ3v) is 5.33. The number of halogens is 1. The number of carbonyl (C=O) groups excluding carboxylic acids is 1. The highest BCUT2D eigenvalue weighted by Gasteiger charge is 2.08. The highest BCUT2D eigenvalue weighted by molar-refractivity contribution is 7.14. The lowest BCUT2D eigenvalue weighted by atomic mass is 10.1. The van der Waals surface area contributed by atoms with Gasteiger partial charge in [0.2, 0.25) is 0 Å². The van der Waals surface area contributed by atoms with Gasteiger partial charge in [-0.25, -0.2) is 10.4 Å². The van der Waals surface area contributed by atoms with Gasteiger partial charge in [-0.15, -0.1) is 11.3 Å². The molecule has 1 heterocycles. The van der Waals surface area contributed by atoms with E-state index in [2.05, 4.69) is 20.8 Å². The standard InChI is InChI=1S/C23H17ClN4O2S/c24-18-7-9-19(10-8-18)26-23-27-21(14-31-23)16-3-5-17(6-4-16)22(30)28-25-13-15-1-11-20(29)12-2-15/h1-14,29H,(H,26,27)(H,28,30)/b25-13+. The van der Waals surface area contributed by atoms with Gasteiger partial charge in [-0.2, -0.15) is 5.10 Å². The largest absolute Gasteiger partial charge is 0.508 e. The van der Waals surface area contributed by atoms with E-state index in [-0.39, 0.29) is 11.7 Å². The van der Waals surface area contributed by atoms with Crippen molar-refractivity contribution in [2.24, 2.45) is 5.10 Å². The van der Waals surface area contributed by atoms with Gasteiger partial charge in [0.1, 0.15) is 5.75 Å². The molecule has 154 valence electrons. The Hall–Kier alpha value is -3.68. The molecule has 4 rings (SSSR count). The molecule has 0 aliphatic carbocycles. The minimum atomic E-state index is -0.315. The molecule has 3 aromatic carbocycles. The van der Waals surface area contributed by atoms with Gasteiger partial charge in [0.15, 0.2) is 5.13 Å². The second-order valence-electron chi connectivity index (χ2n) is 6.54. The van der Waals surface area contributed by atoms with E-state index >= 15 is 0 Å². The van der Waals surface area contributed by atoms with Crippen molar-refractivity contribution in [1.82, 2.24) is 10.4 Å². The first-order chi connectivity index (χ1) is 15.1. The maximum Gasteiger partial charge on any atom is 0.271 e. The Balaban J connectivity index is 1.37. The fourth-order valence-corrected chi connectivity index (χ4v) is 3.57. The summed E-state index contributed by atoms with van der Waals surface area (Å²) in [6.07, 6.45) is 1.51. The van der Waals surface area contributed by atoms with Crippen LogP contribution >= 0.6 is 22.9 Å². The molecule has 0 spiro atoms. The smallest absolute Gasteiger partial charge is 0.271 e. The molecular weight excluding hydrogens is 432 g/mol. The van der Waals surface area contributed by atoms with Gasteiger partial charge in [-0.3, -0.25) is 4.79 Å². The molecule has 31 heavy (non-hydrogen) atoms. The maximum atomic E-state index is 12.3. The molecule has 0 atom stereocenters. The molecule has 1 amide bonds. The predicted octanol–water partition coefficient (Wildman–Crippen LogP) is 5.68. The number of anilines is 2. The monoisotopic (exact) mass is 448 g/mol. The van der Waals surface area contributed by atoms with Crippen LogP contribution < -0.4 is 10.7 Å². The van der Waals surface area contributed by atoms with E-state index in [1.165, 1.54) is 17.6 Å². The fraction of sp³-hybridized carbons (Fsp3) is 0. The zero-order valence-corrected chi connectivity index (χ0v) is 17.7. The first kappa shape index (κ1) is 20.6. The number of aromatic nitrogens is 1. The van der Waals surface area contributed by atoms with Crippen LogP contribution in [0.15, 0.2) is 83.3 Å². The zero-order chi connectivity index (χ0) is 21.6. The van der Waals surface area contributed by atoms with Crippen LogP contribution in [0.5, 0.6) is 5.75 Å². The van der Waals surface area contributed by atoms with E-state index in [0.29, 0.717) is 10.6 Å². The number of nitrogens with zero attached hydrogens (tertiary/aromatic N) is 2. The summed E-state index contributed by atoms with van der Waals surface area (Å²) in [7, 11) is 0. The van der Waals surface area contributed by atoms with Gasteiger partial charge >= 0.3 is 0 Å². The quantitative estimate of drug-likeness (QED) is 0.262. The summed E-state index contributed by atoms with van der Waals surface area (Å²) < 4.78 is 0. The molecule has 6 nitrogen and oxygen atoms in total. The highest BCUT2D eigenvalue weighted by Crippen LogP contribution is 2.27. The number of phenolic OH excluding ortho intramolecular Hbond substituents is 1. The maximum absolute atomic E-state index is 12.3. The van der Waals surface area contributed by atoms with E-state index in [9.17, 15) is 9.90 Å². The number of phenols is 1. The van der Waals surface area contributed by atoms with E-state index in [1.54, 1.807) is 36.4 Å². The number of nitrogens with one attached hydrogen (secondary N) is 2. The Morgan fingerprint density at radius 2 is 1.71 bits per heavy atom. The summed E-state index contributed by atoms with van der Waals surface area (Å²) >= 11 is 7.40. The molecule has 0 radical (unpaired) electrons. The summed E-state index contributed by atoms with van der Waals surface area (Å²) in [4.78, 5) is 16.9. The summed E-state index contributed by atoms with van der Waals surface area (Å²) in [6.45, 7) is 0. The summed E-state index contributed by atoms with van der Waals surface area (Å²) in [5.41, 5.74) is 6.38. The van der Waals surface area contributed by atoms with Crippen molar-refractivity contribution in [3.63, 3.8) is 0 Å². The molecule has 0 fully saturated rings.